The van der Waals surface area contributed by atoms with Crippen LogP contribution in [0.2, 0.25) is 0 Å². The van der Waals surface area contributed by atoms with Gasteiger partial charge in [-0.05, 0) is 73.8 Å². The third kappa shape index (κ3) is 1.63. The van der Waals surface area contributed by atoms with Crippen LogP contribution in [-0.4, -0.2) is 16.7 Å². The lowest BCUT2D eigenvalue weighted by molar-refractivity contribution is -0.0620. The van der Waals surface area contributed by atoms with Crippen LogP contribution < -0.4 is 5.32 Å². The van der Waals surface area contributed by atoms with Gasteiger partial charge >= 0.3 is 0 Å². The minimum absolute atomic E-state index is 0.268. The zero-order valence-electron chi connectivity index (χ0n) is 12.6. The maximum Gasteiger partial charge on any atom is 0.0881 e. The molecule has 3 fully saturated rings. The summed E-state index contributed by atoms with van der Waals surface area (Å²) in [7, 11) is 0. The summed E-state index contributed by atoms with van der Waals surface area (Å²) >= 11 is 0. The summed E-state index contributed by atoms with van der Waals surface area (Å²) in [6.07, 6.45) is 8.76. The molecule has 0 saturated heterocycles. The summed E-state index contributed by atoms with van der Waals surface area (Å²) in [5, 5.41) is 15.2. The largest absolute Gasteiger partial charge is 0.387 e. The van der Waals surface area contributed by atoms with Crippen molar-refractivity contribution < 1.29 is 5.11 Å². The van der Waals surface area contributed by atoms with E-state index >= 15 is 0 Å². The van der Waals surface area contributed by atoms with Crippen molar-refractivity contribution in [1.29, 1.82) is 0 Å². The van der Waals surface area contributed by atoms with E-state index in [0.717, 1.165) is 37.0 Å². The Balaban J connectivity index is 1.44. The first-order valence-corrected chi connectivity index (χ1v) is 8.82. The van der Waals surface area contributed by atoms with E-state index in [-0.39, 0.29) is 6.04 Å². The average molecular weight is 283 g/mol. The molecule has 6 atom stereocenters. The molecule has 3 aliphatic carbocycles. The van der Waals surface area contributed by atoms with Gasteiger partial charge in [0.2, 0.25) is 0 Å². The minimum atomic E-state index is -0.441. The fraction of sp³-hybridized carbons (Fsp3) is 0.684. The van der Waals surface area contributed by atoms with E-state index in [9.17, 15) is 5.11 Å². The quantitative estimate of drug-likeness (QED) is 0.825. The molecular weight excluding hydrogens is 258 g/mol. The van der Waals surface area contributed by atoms with Crippen LogP contribution in [0.1, 0.15) is 44.1 Å². The second kappa shape index (κ2) is 4.25. The molecule has 0 radical (unpaired) electrons. The number of rotatable bonds is 1. The van der Waals surface area contributed by atoms with Crippen LogP contribution in [0.3, 0.4) is 0 Å². The van der Waals surface area contributed by atoms with Gasteiger partial charge in [-0.25, -0.2) is 0 Å². The Kier molecular flexibility index (Phi) is 2.54. The first-order chi connectivity index (χ1) is 10.3. The summed E-state index contributed by atoms with van der Waals surface area (Å²) in [6, 6.07) is 8.89. The fourth-order valence-electron chi connectivity index (χ4n) is 6.37. The second-order valence-corrected chi connectivity index (χ2v) is 7.95. The van der Waals surface area contributed by atoms with Crippen molar-refractivity contribution in [3.8, 4) is 0 Å². The third-order valence-corrected chi connectivity index (χ3v) is 7.19. The number of nitrogens with one attached hydrogen (secondary N) is 1. The molecule has 2 N–H and O–H groups in total. The first-order valence-electron chi connectivity index (χ1n) is 8.82. The monoisotopic (exact) mass is 283 g/mol. The zero-order chi connectivity index (χ0) is 14.0. The van der Waals surface area contributed by atoms with Gasteiger partial charge in [-0.1, -0.05) is 24.6 Å². The van der Waals surface area contributed by atoms with Crippen molar-refractivity contribution in [3.05, 3.63) is 29.8 Å². The van der Waals surface area contributed by atoms with E-state index in [2.05, 4.69) is 29.6 Å². The van der Waals surface area contributed by atoms with Crippen molar-refractivity contribution in [2.75, 3.05) is 5.32 Å². The van der Waals surface area contributed by atoms with Crippen molar-refractivity contribution in [2.45, 2.75) is 56.6 Å². The zero-order valence-corrected chi connectivity index (χ0v) is 12.6. The lowest BCUT2D eigenvalue weighted by Crippen LogP contribution is -2.54. The fourth-order valence-corrected chi connectivity index (χ4v) is 6.37. The minimum Gasteiger partial charge on any atom is -0.387 e. The Morgan fingerprint density at radius 3 is 2.90 bits per heavy atom. The molecule has 2 nitrogen and oxygen atoms in total. The molecule has 0 amide bonds. The predicted octanol–water partition coefficient (Wildman–Crippen LogP) is 3.60. The highest BCUT2D eigenvalue weighted by molar-refractivity contribution is 5.54. The van der Waals surface area contributed by atoms with Crippen LogP contribution >= 0.6 is 0 Å². The Morgan fingerprint density at radius 1 is 1.10 bits per heavy atom. The first kappa shape index (κ1) is 12.5. The van der Waals surface area contributed by atoms with E-state index in [1.54, 1.807) is 0 Å². The van der Waals surface area contributed by atoms with Gasteiger partial charge in [-0.2, -0.15) is 0 Å². The molecule has 1 aromatic rings. The molecule has 2 bridgehead atoms. The van der Waals surface area contributed by atoms with E-state index in [1.807, 2.05) is 0 Å². The summed E-state index contributed by atoms with van der Waals surface area (Å²) < 4.78 is 0. The van der Waals surface area contributed by atoms with Crippen LogP contribution in [0.25, 0.3) is 0 Å². The SMILES string of the molecule is OC1(C2CCc3ccccc3N2)CC2CC1C1CCCC21. The van der Waals surface area contributed by atoms with Gasteiger partial charge in [-0.15, -0.1) is 0 Å². The average Bonchev–Trinajstić information content (AvgIpc) is 3.18. The molecule has 6 unspecified atom stereocenters. The number of aryl methyl sites for hydroxylation is 1. The standard InChI is InChI=1S/C19H25NO/c21-19(11-13-10-16(19)15-6-3-5-14(13)15)18-9-8-12-4-1-2-7-17(12)20-18/h1-2,4,7,13-16,18,20-21H,3,5-6,8-11H2. The normalized spacial score (nSPS) is 47.0. The second-order valence-electron chi connectivity index (χ2n) is 7.95. The number of para-hydroxylation sites is 1. The number of fused-ring (bicyclic) bond motifs is 6. The topological polar surface area (TPSA) is 32.3 Å². The van der Waals surface area contributed by atoms with Gasteiger partial charge in [0.1, 0.15) is 0 Å². The Hall–Kier alpha value is -1.02. The summed E-state index contributed by atoms with van der Waals surface area (Å²) in [5.41, 5.74) is 2.23. The molecule has 4 aliphatic rings. The van der Waals surface area contributed by atoms with Gasteiger partial charge in [0, 0.05) is 5.69 Å². The lowest BCUT2D eigenvalue weighted by atomic mass is 9.68. The molecule has 1 heterocycles. The van der Waals surface area contributed by atoms with E-state index in [4.69, 9.17) is 0 Å². The number of benzene rings is 1. The highest BCUT2D eigenvalue weighted by atomic mass is 16.3. The third-order valence-electron chi connectivity index (χ3n) is 7.19. The predicted molar refractivity (Wildman–Crippen MR) is 84.2 cm³/mol. The van der Waals surface area contributed by atoms with Gasteiger partial charge < -0.3 is 10.4 Å². The van der Waals surface area contributed by atoms with Gasteiger partial charge in [0.05, 0.1) is 11.6 Å². The van der Waals surface area contributed by atoms with Crippen molar-refractivity contribution >= 4 is 5.69 Å². The maximum atomic E-state index is 11.5. The van der Waals surface area contributed by atoms with Crippen molar-refractivity contribution in [2.24, 2.45) is 23.7 Å². The molecule has 112 valence electrons. The van der Waals surface area contributed by atoms with Crippen LogP contribution in [0.4, 0.5) is 5.69 Å². The molecular formula is C19H25NO. The van der Waals surface area contributed by atoms with Crippen LogP contribution in [0.15, 0.2) is 24.3 Å². The molecule has 21 heavy (non-hydrogen) atoms. The van der Waals surface area contributed by atoms with Crippen molar-refractivity contribution in [3.63, 3.8) is 0 Å². The molecule has 5 rings (SSSR count). The van der Waals surface area contributed by atoms with E-state index in [1.165, 1.54) is 36.9 Å². The molecule has 1 aliphatic heterocycles. The number of anilines is 1. The molecule has 2 heteroatoms. The van der Waals surface area contributed by atoms with Crippen LogP contribution in [-0.2, 0) is 6.42 Å². The summed E-state index contributed by atoms with van der Waals surface area (Å²) in [4.78, 5) is 0. The lowest BCUT2D eigenvalue weighted by Gasteiger charge is -2.46. The van der Waals surface area contributed by atoms with Crippen molar-refractivity contribution in [1.82, 2.24) is 0 Å². The number of hydrogen-bond donors (Lipinski definition) is 2. The van der Waals surface area contributed by atoms with Crippen LogP contribution in [0, 0.1) is 23.7 Å². The van der Waals surface area contributed by atoms with E-state index < -0.39 is 5.60 Å². The highest BCUT2D eigenvalue weighted by Crippen LogP contribution is 2.63. The molecule has 3 saturated carbocycles. The Morgan fingerprint density at radius 2 is 1.95 bits per heavy atom. The number of aliphatic hydroxyl groups is 1. The summed E-state index contributed by atoms with van der Waals surface area (Å²) in [5.74, 6) is 3.16. The molecule has 1 aromatic carbocycles. The summed E-state index contributed by atoms with van der Waals surface area (Å²) in [6.45, 7) is 0. The Bertz CT molecular complexity index is 570. The van der Waals surface area contributed by atoms with Gasteiger partial charge in [0.25, 0.3) is 0 Å². The maximum absolute atomic E-state index is 11.5. The number of hydrogen-bond acceptors (Lipinski definition) is 2. The molecule has 0 aromatic heterocycles. The van der Waals surface area contributed by atoms with Gasteiger partial charge in [0.15, 0.2) is 0 Å². The van der Waals surface area contributed by atoms with Crippen LogP contribution in [0.5, 0.6) is 0 Å². The highest BCUT2D eigenvalue weighted by Gasteiger charge is 2.62. The molecule has 0 spiro atoms. The Labute approximate surface area is 126 Å². The van der Waals surface area contributed by atoms with Gasteiger partial charge in [-0.3, -0.25) is 0 Å². The van der Waals surface area contributed by atoms with E-state index in [0.29, 0.717) is 5.92 Å². The smallest absolute Gasteiger partial charge is 0.0881 e.